The number of carbonyl (C=O) groups excluding carboxylic acids is 1. The van der Waals surface area contributed by atoms with Crippen LogP contribution >= 0.6 is 8.18 Å². The molecule has 11 heavy (non-hydrogen) atoms. The van der Waals surface area contributed by atoms with E-state index in [0.29, 0.717) is 19.6 Å². The monoisotopic (exact) mass is 177 g/mol. The average Bonchev–Trinajstić information content (AvgIpc) is 2.36. The van der Waals surface area contributed by atoms with Crippen LogP contribution in [0, 0.1) is 0 Å². The molecular formula is C6H12NO3P. The Labute approximate surface area is 66.4 Å². The quantitative estimate of drug-likeness (QED) is 0.605. The van der Waals surface area contributed by atoms with Crippen molar-refractivity contribution in [2.24, 2.45) is 0 Å². The van der Waals surface area contributed by atoms with Crippen molar-refractivity contribution in [3.63, 3.8) is 0 Å². The Kier molecular flexibility index (Phi) is 3.09. The zero-order chi connectivity index (χ0) is 8.27. The van der Waals surface area contributed by atoms with Gasteiger partial charge in [-0.05, 0) is 13.3 Å². The second-order valence-electron chi connectivity index (χ2n) is 2.35. The van der Waals surface area contributed by atoms with Crippen LogP contribution in [0.15, 0.2) is 0 Å². The highest BCUT2D eigenvalue weighted by molar-refractivity contribution is 7.37. The summed E-state index contributed by atoms with van der Waals surface area (Å²) in [6.07, 6.45) is 1.33. The van der Waals surface area contributed by atoms with Gasteiger partial charge in [0.1, 0.15) is 0 Å². The highest BCUT2D eigenvalue weighted by atomic mass is 31.1. The molecule has 0 saturated carbocycles. The van der Waals surface area contributed by atoms with Gasteiger partial charge in [0, 0.05) is 13.0 Å². The van der Waals surface area contributed by atoms with Crippen LogP contribution < -0.4 is 0 Å². The van der Waals surface area contributed by atoms with Gasteiger partial charge in [0.05, 0.1) is 6.61 Å². The van der Waals surface area contributed by atoms with E-state index in [4.69, 9.17) is 4.52 Å². The van der Waals surface area contributed by atoms with Crippen molar-refractivity contribution in [2.45, 2.75) is 19.8 Å². The Morgan fingerprint density at radius 3 is 2.91 bits per heavy atom. The summed E-state index contributed by atoms with van der Waals surface area (Å²) in [5.74, 6) is -0.0395. The van der Waals surface area contributed by atoms with E-state index in [1.165, 1.54) is 4.67 Å². The van der Waals surface area contributed by atoms with Crippen LogP contribution in [-0.4, -0.2) is 23.7 Å². The Morgan fingerprint density at radius 2 is 2.45 bits per heavy atom. The standard InChI is InChI=1S/C6H12NO3P/c1-2-10-11(9)7-5-3-4-6(7)8/h11H,2-5H2,1H3. The molecule has 0 aromatic heterocycles. The summed E-state index contributed by atoms with van der Waals surface area (Å²) < 4.78 is 17.3. The summed E-state index contributed by atoms with van der Waals surface area (Å²) in [6, 6.07) is 0. The van der Waals surface area contributed by atoms with Crippen LogP contribution in [0.5, 0.6) is 0 Å². The van der Waals surface area contributed by atoms with Gasteiger partial charge >= 0.3 is 0 Å². The second-order valence-corrected chi connectivity index (χ2v) is 3.71. The van der Waals surface area contributed by atoms with E-state index in [9.17, 15) is 9.36 Å². The van der Waals surface area contributed by atoms with E-state index >= 15 is 0 Å². The lowest BCUT2D eigenvalue weighted by atomic mass is 10.4. The van der Waals surface area contributed by atoms with Gasteiger partial charge < -0.3 is 4.52 Å². The van der Waals surface area contributed by atoms with Crippen LogP contribution in [0.2, 0.25) is 0 Å². The number of hydrogen-bond donors (Lipinski definition) is 0. The van der Waals surface area contributed by atoms with Crippen LogP contribution in [0.1, 0.15) is 19.8 Å². The molecule has 1 aliphatic heterocycles. The number of hydrogen-bond acceptors (Lipinski definition) is 3. The van der Waals surface area contributed by atoms with Crippen molar-refractivity contribution in [1.29, 1.82) is 0 Å². The van der Waals surface area contributed by atoms with Gasteiger partial charge in [0.15, 0.2) is 0 Å². The number of carbonyl (C=O) groups is 1. The molecule has 0 aromatic carbocycles. The topological polar surface area (TPSA) is 46.6 Å². The Balaban J connectivity index is 2.46. The molecule has 64 valence electrons. The first-order chi connectivity index (χ1) is 5.25. The van der Waals surface area contributed by atoms with Gasteiger partial charge in [0.25, 0.3) is 8.18 Å². The van der Waals surface area contributed by atoms with Crippen LogP contribution in [0.4, 0.5) is 0 Å². The van der Waals surface area contributed by atoms with Crippen LogP contribution in [0.25, 0.3) is 0 Å². The summed E-state index contributed by atoms with van der Waals surface area (Å²) >= 11 is 0. The molecule has 1 saturated heterocycles. The molecule has 5 heteroatoms. The molecule has 0 aromatic rings. The molecule has 1 unspecified atom stereocenters. The molecule has 0 N–H and O–H groups in total. The van der Waals surface area contributed by atoms with Crippen LogP contribution in [-0.2, 0) is 13.9 Å². The van der Waals surface area contributed by atoms with Crippen molar-refractivity contribution in [2.75, 3.05) is 13.2 Å². The smallest absolute Gasteiger partial charge is 0.287 e. The van der Waals surface area contributed by atoms with Crippen molar-refractivity contribution >= 4 is 14.1 Å². The van der Waals surface area contributed by atoms with E-state index in [0.717, 1.165) is 6.42 Å². The zero-order valence-electron chi connectivity index (χ0n) is 6.50. The Bertz CT molecular complexity index is 183. The third-order valence-electron chi connectivity index (χ3n) is 1.56. The third kappa shape index (κ3) is 2.04. The van der Waals surface area contributed by atoms with E-state index in [-0.39, 0.29) is 5.91 Å². The maximum absolute atomic E-state index is 11.1. The second kappa shape index (κ2) is 3.88. The molecule has 4 nitrogen and oxygen atoms in total. The lowest BCUT2D eigenvalue weighted by Gasteiger charge is -2.13. The highest BCUT2D eigenvalue weighted by Gasteiger charge is 2.24. The number of amides is 1. The van der Waals surface area contributed by atoms with E-state index in [1.807, 2.05) is 0 Å². The van der Waals surface area contributed by atoms with Gasteiger partial charge in [-0.25, -0.2) is 0 Å². The zero-order valence-corrected chi connectivity index (χ0v) is 7.50. The average molecular weight is 177 g/mol. The predicted octanol–water partition coefficient (Wildman–Crippen LogP) is 1.03. The third-order valence-corrected chi connectivity index (χ3v) is 3.01. The van der Waals surface area contributed by atoms with Crippen molar-refractivity contribution in [3.05, 3.63) is 0 Å². The molecule has 0 spiro atoms. The molecule has 0 bridgehead atoms. The fourth-order valence-electron chi connectivity index (χ4n) is 1.04. The lowest BCUT2D eigenvalue weighted by Crippen LogP contribution is -2.16. The van der Waals surface area contributed by atoms with E-state index in [2.05, 4.69) is 0 Å². The normalized spacial score (nSPS) is 20.8. The van der Waals surface area contributed by atoms with Gasteiger partial charge in [0.2, 0.25) is 5.91 Å². The fraction of sp³-hybridized carbons (Fsp3) is 0.833. The minimum atomic E-state index is -2.23. The van der Waals surface area contributed by atoms with Crippen LogP contribution in [0.3, 0.4) is 0 Å². The Hall–Kier alpha value is -0.340. The maximum Gasteiger partial charge on any atom is 0.287 e. The molecule has 1 heterocycles. The van der Waals surface area contributed by atoms with Gasteiger partial charge in [-0.1, -0.05) is 0 Å². The van der Waals surface area contributed by atoms with Gasteiger partial charge in [-0.2, -0.15) is 0 Å². The molecule has 1 aliphatic rings. The molecule has 0 aliphatic carbocycles. The molecule has 1 amide bonds. The predicted molar refractivity (Wildman–Crippen MR) is 41.6 cm³/mol. The summed E-state index contributed by atoms with van der Waals surface area (Å²) in [6.45, 7) is 2.77. The number of nitrogens with zero attached hydrogens (tertiary/aromatic N) is 1. The summed E-state index contributed by atoms with van der Waals surface area (Å²) in [7, 11) is -2.23. The first-order valence-corrected chi connectivity index (χ1v) is 4.99. The van der Waals surface area contributed by atoms with Gasteiger partial charge in [-0.3, -0.25) is 14.0 Å². The molecule has 1 fully saturated rings. The molecule has 1 atom stereocenters. The van der Waals surface area contributed by atoms with Gasteiger partial charge in [-0.15, -0.1) is 0 Å². The first-order valence-electron chi connectivity index (χ1n) is 3.73. The molecule has 1 rings (SSSR count). The number of rotatable bonds is 3. The van der Waals surface area contributed by atoms with Crippen molar-refractivity contribution in [3.8, 4) is 0 Å². The minimum absolute atomic E-state index is 0.0395. The SMILES string of the molecule is CCO[PH](=O)N1CCCC1=O. The minimum Gasteiger partial charge on any atom is -0.316 e. The highest BCUT2D eigenvalue weighted by Crippen LogP contribution is 2.32. The Morgan fingerprint density at radius 1 is 1.73 bits per heavy atom. The van der Waals surface area contributed by atoms with E-state index in [1.54, 1.807) is 6.92 Å². The summed E-state index contributed by atoms with van der Waals surface area (Å²) in [5, 5.41) is 0. The lowest BCUT2D eigenvalue weighted by molar-refractivity contribution is -0.124. The van der Waals surface area contributed by atoms with Crippen molar-refractivity contribution in [1.82, 2.24) is 4.67 Å². The van der Waals surface area contributed by atoms with Crippen molar-refractivity contribution < 1.29 is 13.9 Å². The van der Waals surface area contributed by atoms with E-state index < -0.39 is 8.18 Å². The fourth-order valence-corrected chi connectivity index (χ4v) is 2.10. The summed E-state index contributed by atoms with van der Waals surface area (Å²) in [4.78, 5) is 11.0. The summed E-state index contributed by atoms with van der Waals surface area (Å²) in [5.41, 5.74) is 0. The maximum atomic E-state index is 11.1. The first kappa shape index (κ1) is 8.75. The largest absolute Gasteiger partial charge is 0.316 e. The molecular weight excluding hydrogens is 165 g/mol. The molecule has 0 radical (unpaired) electrons.